The van der Waals surface area contributed by atoms with Crippen molar-refractivity contribution in [2.24, 2.45) is 5.73 Å². The molecule has 0 aliphatic rings. The Balaban J connectivity index is 0. The second-order valence-corrected chi connectivity index (χ2v) is 3.24. The molecule has 0 spiro atoms. The molecule has 0 aliphatic heterocycles. The van der Waals surface area contributed by atoms with Crippen LogP contribution >= 0.6 is 24.8 Å². The third-order valence-electron chi connectivity index (χ3n) is 2.25. The summed E-state index contributed by atoms with van der Waals surface area (Å²) in [6, 6.07) is 14.6. The van der Waals surface area contributed by atoms with Crippen LogP contribution in [0.1, 0.15) is 0 Å². The van der Waals surface area contributed by atoms with Crippen LogP contribution in [-0.2, 0) is 0 Å². The van der Waals surface area contributed by atoms with Crippen LogP contribution in [0.3, 0.4) is 0 Å². The van der Waals surface area contributed by atoms with E-state index in [9.17, 15) is 0 Å². The van der Waals surface area contributed by atoms with Crippen LogP contribution in [0, 0.1) is 0 Å². The van der Waals surface area contributed by atoms with E-state index in [1.54, 1.807) is 0 Å². The van der Waals surface area contributed by atoms with Crippen LogP contribution in [0.15, 0.2) is 42.5 Å². The van der Waals surface area contributed by atoms with Gasteiger partial charge in [0.1, 0.15) is 0 Å². The van der Waals surface area contributed by atoms with E-state index in [1.165, 1.54) is 10.8 Å². The van der Waals surface area contributed by atoms with Gasteiger partial charge in [-0.3, -0.25) is 0 Å². The maximum Gasteiger partial charge on any atom is 0.0420 e. The molecule has 0 radical (unpaired) electrons. The van der Waals surface area contributed by atoms with Gasteiger partial charge in [0.25, 0.3) is 0 Å². The van der Waals surface area contributed by atoms with E-state index in [2.05, 4.69) is 47.8 Å². The second kappa shape index (κ2) is 11.1. The van der Waals surface area contributed by atoms with Gasteiger partial charge in [-0.05, 0) is 11.5 Å². The zero-order valence-electron chi connectivity index (χ0n) is 10.3. The lowest BCUT2D eigenvalue weighted by molar-refractivity contribution is 0.399. The monoisotopic (exact) mass is 290 g/mol. The highest BCUT2D eigenvalue weighted by Gasteiger charge is 1.97. The molecule has 0 atom stereocenters. The van der Waals surface area contributed by atoms with Crippen molar-refractivity contribution in [3.63, 3.8) is 0 Å². The van der Waals surface area contributed by atoms with Crippen LogP contribution in [0.2, 0.25) is 0 Å². The van der Waals surface area contributed by atoms with Gasteiger partial charge in [0.2, 0.25) is 0 Å². The van der Waals surface area contributed by atoms with Crippen molar-refractivity contribution in [2.75, 3.05) is 25.5 Å². The first-order valence-corrected chi connectivity index (χ1v) is 5.28. The molecule has 0 aromatic heterocycles. The summed E-state index contributed by atoms with van der Waals surface area (Å²) in [4.78, 5) is 0. The first kappa shape index (κ1) is 19.3. The van der Waals surface area contributed by atoms with Crippen molar-refractivity contribution in [1.29, 1.82) is 0 Å². The van der Waals surface area contributed by atoms with Crippen molar-refractivity contribution >= 4 is 41.3 Å². The molecule has 3 nitrogen and oxygen atoms in total. The fraction of sp³-hybridized carbons (Fsp3) is 0.231. The number of halogens is 2. The van der Waals surface area contributed by atoms with Crippen molar-refractivity contribution in [3.8, 4) is 0 Å². The Hall–Kier alpha value is -1.00. The first-order valence-electron chi connectivity index (χ1n) is 5.28. The van der Waals surface area contributed by atoms with E-state index in [1.807, 2.05) is 0 Å². The number of nitrogens with one attached hydrogen (secondary N) is 1. The van der Waals surface area contributed by atoms with Gasteiger partial charge in [-0.1, -0.05) is 36.4 Å². The molecule has 2 aromatic rings. The molecule has 102 valence electrons. The van der Waals surface area contributed by atoms with Crippen molar-refractivity contribution in [3.05, 3.63) is 42.5 Å². The van der Waals surface area contributed by atoms with Crippen molar-refractivity contribution in [1.82, 2.24) is 0 Å². The quantitative estimate of drug-likeness (QED) is 0.815. The number of aliphatic hydroxyl groups is 1. The Labute approximate surface area is 120 Å². The zero-order valence-corrected chi connectivity index (χ0v) is 11.9. The largest absolute Gasteiger partial charge is 0.400 e. The Kier molecular flexibility index (Phi) is 11.9. The third-order valence-corrected chi connectivity index (χ3v) is 2.25. The number of aliphatic hydroxyl groups excluding tert-OH is 1. The van der Waals surface area contributed by atoms with Gasteiger partial charge >= 0.3 is 0 Å². The molecule has 0 fully saturated rings. The summed E-state index contributed by atoms with van der Waals surface area (Å²) in [5.41, 5.74) is 6.62. The van der Waals surface area contributed by atoms with E-state index in [4.69, 9.17) is 10.8 Å². The predicted molar refractivity (Wildman–Crippen MR) is 84.1 cm³/mol. The molecule has 0 bridgehead atoms. The summed E-state index contributed by atoms with van der Waals surface area (Å²) < 4.78 is 0. The molecule has 18 heavy (non-hydrogen) atoms. The molecule has 2 rings (SSSR count). The average Bonchev–Trinajstić information content (AvgIpc) is 2.38. The molecule has 0 unspecified atom stereocenters. The Bertz CT molecular complexity index is 433. The fourth-order valence-electron chi connectivity index (χ4n) is 1.59. The lowest BCUT2D eigenvalue weighted by atomic mass is 10.1. The number of anilines is 1. The standard InChI is InChI=1S/C12H14N2.CH4O.2ClH/c13-8-9-14-12-7-3-5-10-4-1-2-6-11(10)12;1-2;;/h1-7,14H,8-9,13H2;2H,1H3;2*1H. The minimum absolute atomic E-state index is 0. The van der Waals surface area contributed by atoms with Crippen LogP contribution in [0.5, 0.6) is 0 Å². The molecule has 2 aromatic carbocycles. The summed E-state index contributed by atoms with van der Waals surface area (Å²) in [5.74, 6) is 0. The number of fused-ring (bicyclic) bond motifs is 1. The summed E-state index contributed by atoms with van der Waals surface area (Å²) in [7, 11) is 1.00. The molecular weight excluding hydrogens is 271 g/mol. The molecule has 0 saturated heterocycles. The average molecular weight is 291 g/mol. The first-order chi connectivity index (χ1) is 7.92. The van der Waals surface area contributed by atoms with E-state index in [0.29, 0.717) is 6.54 Å². The van der Waals surface area contributed by atoms with E-state index in [0.717, 1.165) is 19.3 Å². The molecule has 5 heteroatoms. The van der Waals surface area contributed by atoms with Crippen LogP contribution in [0.4, 0.5) is 5.69 Å². The molecule has 0 aliphatic carbocycles. The fourth-order valence-corrected chi connectivity index (χ4v) is 1.59. The topological polar surface area (TPSA) is 58.3 Å². The summed E-state index contributed by atoms with van der Waals surface area (Å²) >= 11 is 0. The normalized spacial score (nSPS) is 8.39. The number of benzene rings is 2. The molecule has 0 amide bonds. The highest BCUT2D eigenvalue weighted by molar-refractivity contribution is 5.93. The number of nitrogens with two attached hydrogens (primary N) is 1. The van der Waals surface area contributed by atoms with Gasteiger partial charge in [0, 0.05) is 31.3 Å². The van der Waals surface area contributed by atoms with E-state index < -0.39 is 0 Å². The smallest absolute Gasteiger partial charge is 0.0420 e. The van der Waals surface area contributed by atoms with Gasteiger partial charge in [-0.2, -0.15) is 0 Å². The number of hydrogen-bond acceptors (Lipinski definition) is 3. The minimum Gasteiger partial charge on any atom is -0.400 e. The second-order valence-electron chi connectivity index (χ2n) is 3.24. The summed E-state index contributed by atoms with van der Waals surface area (Å²) in [5, 5.41) is 12.8. The van der Waals surface area contributed by atoms with Gasteiger partial charge in [-0.25, -0.2) is 0 Å². The summed E-state index contributed by atoms with van der Waals surface area (Å²) in [6.45, 7) is 1.47. The van der Waals surface area contributed by atoms with Gasteiger partial charge < -0.3 is 16.2 Å². The van der Waals surface area contributed by atoms with Crippen molar-refractivity contribution < 1.29 is 5.11 Å². The zero-order chi connectivity index (χ0) is 11.8. The predicted octanol–water partition coefficient (Wildman–Crippen LogP) is 2.66. The maximum absolute atomic E-state index is 7.00. The highest BCUT2D eigenvalue weighted by Crippen LogP contribution is 2.22. The Morgan fingerprint density at radius 2 is 1.61 bits per heavy atom. The number of hydrogen-bond donors (Lipinski definition) is 3. The van der Waals surface area contributed by atoms with E-state index >= 15 is 0 Å². The third kappa shape index (κ3) is 5.10. The lowest BCUT2D eigenvalue weighted by Crippen LogP contribution is -2.13. The minimum atomic E-state index is 0. The van der Waals surface area contributed by atoms with Gasteiger partial charge in [0.15, 0.2) is 0 Å². The molecule has 4 N–H and O–H groups in total. The maximum atomic E-state index is 7.00. The molecule has 0 saturated carbocycles. The van der Waals surface area contributed by atoms with Crippen LogP contribution in [-0.4, -0.2) is 25.3 Å². The summed E-state index contributed by atoms with van der Waals surface area (Å²) in [6.07, 6.45) is 0. The highest BCUT2D eigenvalue weighted by atomic mass is 35.5. The number of rotatable bonds is 3. The van der Waals surface area contributed by atoms with Crippen LogP contribution in [0.25, 0.3) is 10.8 Å². The lowest BCUT2D eigenvalue weighted by Gasteiger charge is -2.08. The molecular formula is C13H20Cl2N2O. The van der Waals surface area contributed by atoms with E-state index in [-0.39, 0.29) is 24.8 Å². The van der Waals surface area contributed by atoms with Crippen molar-refractivity contribution in [2.45, 2.75) is 0 Å². The van der Waals surface area contributed by atoms with Gasteiger partial charge in [-0.15, -0.1) is 24.8 Å². The molecule has 0 heterocycles. The van der Waals surface area contributed by atoms with Crippen LogP contribution < -0.4 is 11.1 Å². The van der Waals surface area contributed by atoms with Gasteiger partial charge in [0.05, 0.1) is 0 Å². The SMILES string of the molecule is CO.Cl.Cl.NCCNc1cccc2ccccc12. The Morgan fingerprint density at radius 1 is 1.00 bits per heavy atom. The Morgan fingerprint density at radius 3 is 2.28 bits per heavy atom.